The summed E-state index contributed by atoms with van der Waals surface area (Å²) in [7, 11) is 1.51. The van der Waals surface area contributed by atoms with E-state index in [1.54, 1.807) is 6.07 Å². The normalized spacial score (nSPS) is 9.31. The van der Waals surface area contributed by atoms with Crippen LogP contribution in [0, 0.1) is 10.8 Å². The van der Waals surface area contributed by atoms with Crippen LogP contribution in [0.25, 0.3) is 0 Å². The van der Waals surface area contributed by atoms with E-state index in [4.69, 9.17) is 16.6 Å². The lowest BCUT2D eigenvalue weighted by Gasteiger charge is -2.15. The molecular weight excluding hydrogens is 168 g/mol. The smallest absolute Gasteiger partial charge is 0.195 e. The zero-order valence-corrected chi connectivity index (χ0v) is 7.15. The number of aromatic nitrogens is 2. The molecule has 0 aromatic carbocycles. The van der Waals surface area contributed by atoms with Gasteiger partial charge in [-0.15, -0.1) is 0 Å². The minimum absolute atomic E-state index is 0.00750. The van der Waals surface area contributed by atoms with Crippen molar-refractivity contribution in [1.29, 1.82) is 10.8 Å². The molecule has 0 radical (unpaired) electrons. The first-order chi connectivity index (χ1) is 6.13. The average Bonchev–Trinajstić information content (AvgIpc) is 2.17. The molecule has 1 heterocycles. The zero-order valence-electron chi connectivity index (χ0n) is 7.15. The highest BCUT2D eigenvalue weighted by Crippen LogP contribution is 1.93. The summed E-state index contributed by atoms with van der Waals surface area (Å²) in [6, 6.07) is 1.66. The van der Waals surface area contributed by atoms with Crippen molar-refractivity contribution < 1.29 is 0 Å². The van der Waals surface area contributed by atoms with E-state index in [9.17, 15) is 0 Å². The van der Waals surface area contributed by atoms with Gasteiger partial charge in [0.25, 0.3) is 0 Å². The molecule has 6 heteroatoms. The molecule has 1 aromatic heterocycles. The lowest BCUT2D eigenvalue weighted by atomic mass is 10.4. The number of guanidine groups is 1. The number of rotatable bonds is 1. The molecule has 0 aliphatic rings. The Labute approximate surface area is 75.4 Å². The molecule has 68 valence electrons. The van der Waals surface area contributed by atoms with Crippen molar-refractivity contribution in [2.75, 3.05) is 7.05 Å². The minimum Gasteiger partial charge on any atom is -0.370 e. The Bertz CT molecular complexity index is 319. The molecule has 0 amide bonds. The van der Waals surface area contributed by atoms with Gasteiger partial charge in [0.1, 0.15) is 0 Å². The van der Waals surface area contributed by atoms with Gasteiger partial charge in [0.15, 0.2) is 17.6 Å². The topological polar surface area (TPSA) is 103 Å². The van der Waals surface area contributed by atoms with Crippen molar-refractivity contribution in [1.82, 2.24) is 14.9 Å². The first-order valence-corrected chi connectivity index (χ1v) is 3.56. The van der Waals surface area contributed by atoms with E-state index in [-0.39, 0.29) is 17.6 Å². The third kappa shape index (κ3) is 1.98. The van der Waals surface area contributed by atoms with Crippen LogP contribution < -0.4 is 5.73 Å². The molecule has 4 N–H and O–H groups in total. The van der Waals surface area contributed by atoms with Crippen molar-refractivity contribution >= 4 is 11.8 Å². The van der Waals surface area contributed by atoms with Crippen LogP contribution in [0.2, 0.25) is 0 Å². The van der Waals surface area contributed by atoms with Crippen molar-refractivity contribution in [3.63, 3.8) is 0 Å². The summed E-state index contributed by atoms with van der Waals surface area (Å²) in [5.41, 5.74) is 5.19. The molecule has 0 unspecified atom stereocenters. The Kier molecular flexibility index (Phi) is 2.53. The predicted molar refractivity (Wildman–Crippen MR) is 48.5 cm³/mol. The monoisotopic (exact) mass is 178 g/mol. The molecule has 0 saturated heterocycles. The summed E-state index contributed by atoms with van der Waals surface area (Å²) in [6.45, 7) is 0. The van der Waals surface area contributed by atoms with E-state index in [1.165, 1.54) is 24.3 Å². The molecular formula is C7H10N6. The Morgan fingerprint density at radius 3 is 2.38 bits per heavy atom. The fourth-order valence-electron chi connectivity index (χ4n) is 0.692. The van der Waals surface area contributed by atoms with Gasteiger partial charge in [-0.1, -0.05) is 0 Å². The fourth-order valence-corrected chi connectivity index (χ4v) is 0.692. The van der Waals surface area contributed by atoms with Crippen molar-refractivity contribution in [3.05, 3.63) is 24.3 Å². The SMILES string of the molecule is CN(C(=N)N)C(=N)c1ncccn1. The van der Waals surface area contributed by atoms with Crippen molar-refractivity contribution in [2.24, 2.45) is 5.73 Å². The van der Waals surface area contributed by atoms with E-state index >= 15 is 0 Å². The second kappa shape index (κ2) is 3.61. The van der Waals surface area contributed by atoms with Crippen LogP contribution in [0.3, 0.4) is 0 Å². The van der Waals surface area contributed by atoms with Gasteiger partial charge < -0.3 is 5.73 Å². The summed E-state index contributed by atoms with van der Waals surface area (Å²) >= 11 is 0. The van der Waals surface area contributed by atoms with E-state index < -0.39 is 0 Å². The van der Waals surface area contributed by atoms with Crippen LogP contribution >= 0.6 is 0 Å². The second-order valence-corrected chi connectivity index (χ2v) is 2.37. The molecule has 0 fully saturated rings. The van der Waals surface area contributed by atoms with Crippen molar-refractivity contribution in [2.45, 2.75) is 0 Å². The molecule has 0 aliphatic heterocycles. The quantitative estimate of drug-likeness (QED) is 0.403. The molecule has 0 atom stereocenters. The lowest BCUT2D eigenvalue weighted by molar-refractivity contribution is 0.719. The predicted octanol–water partition coefficient (Wildman–Crippen LogP) is -0.373. The van der Waals surface area contributed by atoms with Crippen LogP contribution in [0.4, 0.5) is 0 Å². The van der Waals surface area contributed by atoms with E-state index in [0.29, 0.717) is 0 Å². The van der Waals surface area contributed by atoms with E-state index in [0.717, 1.165) is 0 Å². The van der Waals surface area contributed by atoms with Gasteiger partial charge in [-0.2, -0.15) is 0 Å². The highest BCUT2D eigenvalue weighted by Gasteiger charge is 2.11. The van der Waals surface area contributed by atoms with Crippen molar-refractivity contribution in [3.8, 4) is 0 Å². The molecule has 1 aromatic rings. The largest absolute Gasteiger partial charge is 0.370 e. The number of amidine groups is 1. The minimum atomic E-state index is -0.211. The van der Waals surface area contributed by atoms with E-state index in [1.807, 2.05) is 0 Å². The van der Waals surface area contributed by atoms with Gasteiger partial charge >= 0.3 is 0 Å². The Hall–Kier alpha value is -1.98. The number of nitrogens with two attached hydrogens (primary N) is 1. The van der Waals surface area contributed by atoms with Crippen LogP contribution in [0.5, 0.6) is 0 Å². The molecule has 0 saturated carbocycles. The number of nitrogens with one attached hydrogen (secondary N) is 2. The maximum Gasteiger partial charge on any atom is 0.195 e. The van der Waals surface area contributed by atoms with Crippen LogP contribution in [-0.4, -0.2) is 33.7 Å². The standard InChI is InChI=1S/C7H10N6/c1-13(7(9)10)5(8)6-11-3-2-4-12-6/h2-4,8H,1H3,(H3,9,10). The van der Waals surface area contributed by atoms with Crippen LogP contribution in [0.1, 0.15) is 5.82 Å². The maximum atomic E-state index is 7.55. The van der Waals surface area contributed by atoms with Crippen LogP contribution in [-0.2, 0) is 0 Å². The Morgan fingerprint density at radius 1 is 1.38 bits per heavy atom. The van der Waals surface area contributed by atoms with Gasteiger partial charge in [-0.25, -0.2) is 9.97 Å². The number of hydrogen-bond acceptors (Lipinski definition) is 4. The molecule has 0 aliphatic carbocycles. The Morgan fingerprint density at radius 2 is 1.92 bits per heavy atom. The first-order valence-electron chi connectivity index (χ1n) is 3.56. The van der Waals surface area contributed by atoms with Gasteiger partial charge in [0.2, 0.25) is 0 Å². The Balaban J connectivity index is 2.86. The van der Waals surface area contributed by atoms with Gasteiger partial charge in [0, 0.05) is 19.4 Å². The molecule has 1 rings (SSSR count). The lowest BCUT2D eigenvalue weighted by Crippen LogP contribution is -2.38. The summed E-state index contributed by atoms with van der Waals surface area (Å²) < 4.78 is 0. The summed E-state index contributed by atoms with van der Waals surface area (Å²) in [4.78, 5) is 8.90. The average molecular weight is 178 g/mol. The first kappa shape index (κ1) is 9.11. The zero-order chi connectivity index (χ0) is 9.84. The molecule has 13 heavy (non-hydrogen) atoms. The van der Waals surface area contributed by atoms with Gasteiger partial charge in [-0.05, 0) is 6.07 Å². The number of hydrogen-bond donors (Lipinski definition) is 3. The molecule has 0 bridgehead atoms. The third-order valence-corrected chi connectivity index (χ3v) is 1.47. The highest BCUT2D eigenvalue weighted by atomic mass is 15.2. The highest BCUT2D eigenvalue weighted by molar-refractivity contribution is 6.03. The molecule has 0 spiro atoms. The number of nitrogens with zero attached hydrogens (tertiary/aromatic N) is 3. The summed E-state index contributed by atoms with van der Waals surface area (Å²) in [5, 5.41) is 14.6. The maximum absolute atomic E-state index is 7.55. The van der Waals surface area contributed by atoms with Crippen LogP contribution in [0.15, 0.2) is 18.5 Å². The second-order valence-electron chi connectivity index (χ2n) is 2.37. The van der Waals surface area contributed by atoms with Gasteiger partial charge in [-0.3, -0.25) is 15.7 Å². The summed E-state index contributed by atoms with van der Waals surface area (Å²) in [6.07, 6.45) is 3.07. The van der Waals surface area contributed by atoms with E-state index in [2.05, 4.69) is 9.97 Å². The fraction of sp³-hybridized carbons (Fsp3) is 0.143. The third-order valence-electron chi connectivity index (χ3n) is 1.47. The molecule has 6 nitrogen and oxygen atoms in total. The van der Waals surface area contributed by atoms with Gasteiger partial charge in [0.05, 0.1) is 0 Å². The summed E-state index contributed by atoms with van der Waals surface area (Å²) in [5.74, 6) is 0.0470.